The van der Waals surface area contributed by atoms with Crippen molar-refractivity contribution >= 4 is 32.6 Å². The lowest BCUT2D eigenvalue weighted by Crippen LogP contribution is -1.94. The van der Waals surface area contributed by atoms with Gasteiger partial charge in [0.2, 0.25) is 0 Å². The smallest absolute Gasteiger partial charge is 0.121 e. The lowest BCUT2D eigenvalue weighted by Gasteiger charge is -1.95. The van der Waals surface area contributed by atoms with Crippen LogP contribution in [0.2, 0.25) is 0 Å². The molecule has 0 aliphatic heterocycles. The van der Waals surface area contributed by atoms with Crippen molar-refractivity contribution in [3.63, 3.8) is 0 Å². The Morgan fingerprint density at radius 1 is 1.43 bits per heavy atom. The monoisotopic (exact) mass is 203 g/mol. The predicted octanol–water partition coefficient (Wildman–Crippen LogP) is 2.24. The number of fused-ring (bicyclic) bond motifs is 3. The molecule has 0 unspecified atom stereocenters. The minimum Gasteiger partial charge on any atom is -0.345 e. The summed E-state index contributed by atoms with van der Waals surface area (Å²) in [5, 5.41) is 1.18. The first-order valence-corrected chi connectivity index (χ1v) is 5.30. The molecule has 0 aliphatic rings. The van der Waals surface area contributed by atoms with Crippen LogP contribution in [0.5, 0.6) is 0 Å². The number of nitrogens with two attached hydrogens (primary N) is 1. The van der Waals surface area contributed by atoms with Gasteiger partial charge in [0.05, 0.1) is 5.51 Å². The molecule has 3 nitrogen and oxygen atoms in total. The van der Waals surface area contributed by atoms with Crippen molar-refractivity contribution in [3.8, 4) is 0 Å². The molecule has 1 aromatic carbocycles. The Hall–Kier alpha value is -1.39. The lowest BCUT2D eigenvalue weighted by molar-refractivity contribution is 1.07. The van der Waals surface area contributed by atoms with Crippen LogP contribution in [0.15, 0.2) is 23.7 Å². The molecule has 2 aromatic heterocycles. The van der Waals surface area contributed by atoms with Gasteiger partial charge in [-0.1, -0.05) is 12.1 Å². The number of benzene rings is 1. The van der Waals surface area contributed by atoms with Crippen molar-refractivity contribution in [2.75, 3.05) is 0 Å². The molecule has 70 valence electrons. The number of aromatic nitrogens is 2. The van der Waals surface area contributed by atoms with Gasteiger partial charge in [-0.3, -0.25) is 0 Å². The Balaban J connectivity index is 2.43. The van der Waals surface area contributed by atoms with Gasteiger partial charge in [-0.2, -0.15) is 0 Å². The van der Waals surface area contributed by atoms with Crippen LogP contribution in [-0.4, -0.2) is 9.97 Å². The summed E-state index contributed by atoms with van der Waals surface area (Å²) in [6.07, 6.45) is 0. The van der Waals surface area contributed by atoms with E-state index in [9.17, 15) is 0 Å². The van der Waals surface area contributed by atoms with E-state index < -0.39 is 0 Å². The van der Waals surface area contributed by atoms with E-state index >= 15 is 0 Å². The third-order valence-corrected chi connectivity index (χ3v) is 3.13. The van der Waals surface area contributed by atoms with E-state index in [0.29, 0.717) is 6.54 Å². The molecule has 3 N–H and O–H groups in total. The normalized spacial score (nSPS) is 11.5. The van der Waals surface area contributed by atoms with E-state index in [4.69, 9.17) is 5.73 Å². The summed E-state index contributed by atoms with van der Waals surface area (Å²) >= 11 is 1.63. The maximum atomic E-state index is 5.58. The zero-order valence-corrected chi connectivity index (χ0v) is 8.27. The molecule has 0 amide bonds. The summed E-state index contributed by atoms with van der Waals surface area (Å²) in [7, 11) is 0. The quantitative estimate of drug-likeness (QED) is 0.637. The average molecular weight is 203 g/mol. The number of hydrogen-bond donors (Lipinski definition) is 2. The first-order valence-electron chi connectivity index (χ1n) is 4.42. The number of thiazole rings is 1. The Labute approximate surface area is 84.6 Å². The van der Waals surface area contributed by atoms with Gasteiger partial charge in [-0.05, 0) is 11.6 Å². The fourth-order valence-corrected chi connectivity index (χ4v) is 2.38. The Bertz CT molecular complexity index is 593. The number of hydrogen-bond acceptors (Lipinski definition) is 3. The molecule has 0 bridgehead atoms. The Morgan fingerprint density at radius 3 is 3.21 bits per heavy atom. The second-order valence-corrected chi connectivity index (χ2v) is 4.09. The highest BCUT2D eigenvalue weighted by molar-refractivity contribution is 7.16. The predicted molar refractivity (Wildman–Crippen MR) is 59.4 cm³/mol. The third kappa shape index (κ3) is 0.981. The van der Waals surface area contributed by atoms with Crippen LogP contribution in [0.4, 0.5) is 0 Å². The standard InChI is InChI=1S/C10H9N3S/c11-4-6-1-2-7-8(3-6)13-10-9(7)12-5-14-10/h1-3,5,13H,4,11H2. The maximum absolute atomic E-state index is 5.58. The van der Waals surface area contributed by atoms with Gasteiger partial charge in [0.15, 0.2) is 0 Å². The van der Waals surface area contributed by atoms with Crippen molar-refractivity contribution < 1.29 is 0 Å². The van der Waals surface area contributed by atoms with E-state index in [1.165, 1.54) is 5.39 Å². The summed E-state index contributed by atoms with van der Waals surface area (Å²) < 4.78 is 0. The molecule has 0 radical (unpaired) electrons. The summed E-state index contributed by atoms with van der Waals surface area (Å²) in [6, 6.07) is 6.22. The molecule has 14 heavy (non-hydrogen) atoms. The summed E-state index contributed by atoms with van der Waals surface area (Å²) in [6.45, 7) is 0.579. The second-order valence-electron chi connectivity index (χ2n) is 3.24. The topological polar surface area (TPSA) is 54.7 Å². The van der Waals surface area contributed by atoms with E-state index in [1.54, 1.807) is 11.3 Å². The molecule has 4 heteroatoms. The van der Waals surface area contributed by atoms with E-state index in [-0.39, 0.29) is 0 Å². The molecule has 3 aromatic rings. The molecule has 0 atom stereocenters. The van der Waals surface area contributed by atoms with Crippen LogP contribution in [0.3, 0.4) is 0 Å². The first kappa shape index (κ1) is 7.96. The Kier molecular flexibility index (Phi) is 1.59. The highest BCUT2D eigenvalue weighted by Gasteiger charge is 2.06. The number of H-pyrrole nitrogens is 1. The highest BCUT2D eigenvalue weighted by atomic mass is 32.1. The van der Waals surface area contributed by atoms with Crippen LogP contribution in [-0.2, 0) is 6.54 Å². The first-order chi connectivity index (χ1) is 6.88. The van der Waals surface area contributed by atoms with Crippen molar-refractivity contribution in [2.24, 2.45) is 5.73 Å². The molecule has 0 saturated heterocycles. The van der Waals surface area contributed by atoms with Gasteiger partial charge in [-0.25, -0.2) is 4.98 Å². The molecule has 3 rings (SSSR count). The van der Waals surface area contributed by atoms with E-state index in [1.807, 2.05) is 5.51 Å². The third-order valence-electron chi connectivity index (χ3n) is 2.39. The van der Waals surface area contributed by atoms with Crippen LogP contribution in [0.1, 0.15) is 5.56 Å². The number of nitrogens with zero attached hydrogens (tertiary/aromatic N) is 1. The molecule has 0 spiro atoms. The largest absolute Gasteiger partial charge is 0.345 e. The number of aromatic amines is 1. The van der Waals surface area contributed by atoms with E-state index in [0.717, 1.165) is 21.4 Å². The van der Waals surface area contributed by atoms with Gasteiger partial charge >= 0.3 is 0 Å². The van der Waals surface area contributed by atoms with Crippen molar-refractivity contribution in [1.82, 2.24) is 9.97 Å². The van der Waals surface area contributed by atoms with Crippen LogP contribution < -0.4 is 5.73 Å². The fourth-order valence-electron chi connectivity index (χ4n) is 1.68. The molecule has 0 aliphatic carbocycles. The Morgan fingerprint density at radius 2 is 2.36 bits per heavy atom. The van der Waals surface area contributed by atoms with Crippen molar-refractivity contribution in [1.29, 1.82) is 0 Å². The zero-order chi connectivity index (χ0) is 9.54. The van der Waals surface area contributed by atoms with Gasteiger partial charge in [-0.15, -0.1) is 11.3 Å². The number of rotatable bonds is 1. The molecular weight excluding hydrogens is 194 g/mol. The summed E-state index contributed by atoms with van der Waals surface area (Å²) in [4.78, 5) is 8.79. The molecule has 0 saturated carbocycles. The summed E-state index contributed by atoms with van der Waals surface area (Å²) in [5.74, 6) is 0. The summed E-state index contributed by atoms with van der Waals surface area (Å²) in [5.41, 5.74) is 10.8. The maximum Gasteiger partial charge on any atom is 0.121 e. The van der Waals surface area contributed by atoms with Gasteiger partial charge < -0.3 is 10.7 Å². The fraction of sp³-hybridized carbons (Fsp3) is 0.100. The number of nitrogens with one attached hydrogen (secondary N) is 1. The minimum atomic E-state index is 0.579. The van der Waals surface area contributed by atoms with Crippen LogP contribution in [0.25, 0.3) is 21.3 Å². The minimum absolute atomic E-state index is 0.579. The molecular formula is C10H9N3S. The zero-order valence-electron chi connectivity index (χ0n) is 7.45. The molecule has 0 fully saturated rings. The second kappa shape index (κ2) is 2.80. The lowest BCUT2D eigenvalue weighted by atomic mass is 10.1. The van der Waals surface area contributed by atoms with Crippen molar-refractivity contribution in [2.45, 2.75) is 6.54 Å². The van der Waals surface area contributed by atoms with Gasteiger partial charge in [0.25, 0.3) is 0 Å². The SMILES string of the molecule is NCc1ccc2c(c1)[nH]c1scnc12. The van der Waals surface area contributed by atoms with Crippen LogP contribution in [0, 0.1) is 0 Å². The van der Waals surface area contributed by atoms with Crippen LogP contribution >= 0.6 is 11.3 Å². The van der Waals surface area contributed by atoms with Gasteiger partial charge in [0, 0.05) is 17.4 Å². The van der Waals surface area contributed by atoms with Crippen molar-refractivity contribution in [3.05, 3.63) is 29.3 Å². The van der Waals surface area contributed by atoms with Gasteiger partial charge in [0.1, 0.15) is 10.3 Å². The highest BCUT2D eigenvalue weighted by Crippen LogP contribution is 2.27. The molecule has 2 heterocycles. The average Bonchev–Trinajstić information content (AvgIpc) is 2.75. The van der Waals surface area contributed by atoms with E-state index in [2.05, 4.69) is 28.2 Å².